The lowest BCUT2D eigenvalue weighted by molar-refractivity contribution is -0.215. The van der Waals surface area contributed by atoms with E-state index >= 15 is 0 Å². The predicted octanol–water partition coefficient (Wildman–Crippen LogP) is 3.02. The lowest BCUT2D eigenvalue weighted by Gasteiger charge is -2.25. The van der Waals surface area contributed by atoms with Gasteiger partial charge in [-0.05, 0) is 59.6 Å². The van der Waals surface area contributed by atoms with Gasteiger partial charge in [0.05, 0.1) is 10.00 Å². The van der Waals surface area contributed by atoms with Crippen LogP contribution in [-0.4, -0.2) is 42.8 Å². The van der Waals surface area contributed by atoms with Gasteiger partial charge in [-0.15, -0.1) is 0 Å². The highest BCUT2D eigenvalue weighted by Crippen LogP contribution is 2.46. The fourth-order valence-corrected chi connectivity index (χ4v) is 3.69. The molecule has 3 heterocycles. The molecule has 0 aromatic heterocycles. The van der Waals surface area contributed by atoms with Crippen molar-refractivity contribution in [2.24, 2.45) is 0 Å². The van der Waals surface area contributed by atoms with Crippen molar-refractivity contribution >= 4 is 31.9 Å². The second kappa shape index (κ2) is 5.01. The molecule has 7 heteroatoms. The number of fused-ring (bicyclic) bond motifs is 1. The molecular weight excluding hydrogens is 396 g/mol. The average Bonchev–Trinajstić information content (AvgIpc) is 2.86. The van der Waals surface area contributed by atoms with E-state index in [1.807, 2.05) is 27.7 Å². The summed E-state index contributed by atoms with van der Waals surface area (Å²) in [5.74, 6) is -1.23. The van der Waals surface area contributed by atoms with Crippen molar-refractivity contribution in [3.63, 3.8) is 0 Å². The first-order chi connectivity index (χ1) is 9.19. The molecule has 3 fully saturated rings. The minimum atomic E-state index is -0.646. The maximum atomic E-state index is 6.00. The molecule has 3 aliphatic rings. The lowest BCUT2D eigenvalue weighted by Crippen LogP contribution is -2.35. The number of rotatable bonds is 1. The van der Waals surface area contributed by atoms with Crippen molar-refractivity contribution in [1.29, 1.82) is 0 Å². The third kappa shape index (κ3) is 2.74. The van der Waals surface area contributed by atoms with Crippen LogP contribution in [0.4, 0.5) is 0 Å². The van der Waals surface area contributed by atoms with E-state index < -0.39 is 17.9 Å². The van der Waals surface area contributed by atoms with Crippen LogP contribution >= 0.6 is 31.9 Å². The van der Waals surface area contributed by atoms with Crippen LogP contribution in [0, 0.1) is 0 Å². The summed E-state index contributed by atoms with van der Waals surface area (Å²) in [5.41, 5.74) is 0.965. The summed E-state index contributed by atoms with van der Waals surface area (Å²) in [7, 11) is 0. The summed E-state index contributed by atoms with van der Waals surface area (Å²) in [4.78, 5) is 0. The Morgan fingerprint density at radius 2 is 1.70 bits per heavy atom. The SMILES string of the molecule is CC1(C)OC[C@@H]([C@@H]2O[C@H]3OC(C)(C)O[C@@H]3C2=C(Br)Br)O1. The van der Waals surface area contributed by atoms with E-state index in [-0.39, 0.29) is 18.3 Å². The monoisotopic (exact) mass is 412 g/mol. The van der Waals surface area contributed by atoms with Gasteiger partial charge < -0.3 is 23.7 Å². The van der Waals surface area contributed by atoms with Crippen molar-refractivity contribution in [2.75, 3.05) is 6.61 Å². The second-order valence-corrected chi connectivity index (χ2v) is 8.71. The Labute approximate surface area is 135 Å². The lowest BCUT2D eigenvalue weighted by atomic mass is 10.0. The Morgan fingerprint density at radius 3 is 2.25 bits per heavy atom. The summed E-state index contributed by atoms with van der Waals surface area (Å²) in [5, 5.41) is 0. The summed E-state index contributed by atoms with van der Waals surface area (Å²) >= 11 is 6.95. The van der Waals surface area contributed by atoms with Gasteiger partial charge in [-0.1, -0.05) is 0 Å². The Hall–Kier alpha value is 0.500. The quantitative estimate of drug-likeness (QED) is 0.661. The Morgan fingerprint density at radius 1 is 1.00 bits per heavy atom. The van der Waals surface area contributed by atoms with Gasteiger partial charge in [0, 0.05) is 5.57 Å². The molecule has 114 valence electrons. The molecule has 0 amide bonds. The molecule has 0 unspecified atom stereocenters. The highest BCUT2D eigenvalue weighted by atomic mass is 79.9. The summed E-state index contributed by atoms with van der Waals surface area (Å²) in [6.45, 7) is 8.03. The average molecular weight is 414 g/mol. The first-order valence-electron chi connectivity index (χ1n) is 6.56. The molecule has 3 saturated heterocycles. The van der Waals surface area contributed by atoms with Gasteiger partial charge in [0.25, 0.3) is 0 Å². The van der Waals surface area contributed by atoms with E-state index in [9.17, 15) is 0 Å². The zero-order valence-corrected chi connectivity index (χ0v) is 15.0. The number of halogens is 2. The molecule has 0 bridgehead atoms. The summed E-state index contributed by atoms with van der Waals surface area (Å²) < 4.78 is 30.0. The van der Waals surface area contributed by atoms with Gasteiger partial charge in [0.2, 0.25) is 0 Å². The smallest absolute Gasteiger partial charge is 0.192 e. The predicted molar refractivity (Wildman–Crippen MR) is 78.5 cm³/mol. The van der Waals surface area contributed by atoms with E-state index in [0.717, 1.165) is 8.96 Å². The van der Waals surface area contributed by atoms with Crippen LogP contribution in [0.3, 0.4) is 0 Å². The fourth-order valence-electron chi connectivity index (χ4n) is 2.79. The highest BCUT2D eigenvalue weighted by Gasteiger charge is 2.56. The standard InChI is InChI=1S/C13H18Br2O5/c1-12(2)16-5-6(18-12)8-7(10(14)15)9-11(17-8)20-13(3,4)19-9/h6,8-9,11H,5H2,1-4H3/t6-,8-,9+,11-/m0/s1. The van der Waals surface area contributed by atoms with Crippen molar-refractivity contribution in [2.45, 2.75) is 63.9 Å². The first kappa shape index (κ1) is 15.4. The van der Waals surface area contributed by atoms with Crippen LogP contribution in [0.2, 0.25) is 0 Å². The first-order valence-corrected chi connectivity index (χ1v) is 8.15. The molecule has 0 N–H and O–H groups in total. The largest absolute Gasteiger partial charge is 0.348 e. The Bertz CT molecular complexity index is 444. The topological polar surface area (TPSA) is 46.2 Å². The summed E-state index contributed by atoms with van der Waals surface area (Å²) in [6, 6.07) is 0. The molecule has 0 spiro atoms. The van der Waals surface area contributed by atoms with Crippen molar-refractivity contribution in [3.05, 3.63) is 8.96 Å². The van der Waals surface area contributed by atoms with E-state index in [1.54, 1.807) is 0 Å². The number of hydrogen-bond donors (Lipinski definition) is 0. The molecule has 3 aliphatic heterocycles. The molecule has 3 rings (SSSR count). The highest BCUT2D eigenvalue weighted by molar-refractivity contribution is 9.28. The second-order valence-electron chi connectivity index (χ2n) is 6.06. The molecule has 0 aromatic carbocycles. The summed E-state index contributed by atoms with van der Waals surface area (Å²) in [6.07, 6.45) is -1.08. The third-order valence-corrected chi connectivity index (χ3v) is 4.45. The van der Waals surface area contributed by atoms with Gasteiger partial charge in [0.1, 0.15) is 18.3 Å². The molecule has 0 aliphatic carbocycles. The molecule has 4 atom stereocenters. The molecule has 20 heavy (non-hydrogen) atoms. The van der Waals surface area contributed by atoms with Crippen LogP contribution < -0.4 is 0 Å². The van der Waals surface area contributed by atoms with E-state index in [0.29, 0.717) is 6.61 Å². The molecule has 0 aromatic rings. The maximum absolute atomic E-state index is 6.00. The van der Waals surface area contributed by atoms with Gasteiger partial charge in [-0.2, -0.15) is 0 Å². The van der Waals surface area contributed by atoms with Gasteiger partial charge >= 0.3 is 0 Å². The van der Waals surface area contributed by atoms with Gasteiger partial charge in [-0.25, -0.2) is 0 Å². The van der Waals surface area contributed by atoms with E-state index in [1.165, 1.54) is 0 Å². The van der Waals surface area contributed by atoms with Gasteiger partial charge in [-0.3, -0.25) is 0 Å². The number of hydrogen-bond acceptors (Lipinski definition) is 5. The Kier molecular flexibility index (Phi) is 3.86. The maximum Gasteiger partial charge on any atom is 0.192 e. The van der Waals surface area contributed by atoms with Crippen molar-refractivity contribution in [3.8, 4) is 0 Å². The van der Waals surface area contributed by atoms with Crippen LogP contribution in [0.25, 0.3) is 0 Å². The zero-order chi connectivity index (χ0) is 14.7. The molecule has 5 nitrogen and oxygen atoms in total. The van der Waals surface area contributed by atoms with Crippen LogP contribution in [0.5, 0.6) is 0 Å². The normalized spacial score (nSPS) is 42.0. The minimum absolute atomic E-state index is 0.175. The van der Waals surface area contributed by atoms with Crippen LogP contribution in [0.1, 0.15) is 27.7 Å². The van der Waals surface area contributed by atoms with Crippen molar-refractivity contribution in [1.82, 2.24) is 0 Å². The van der Waals surface area contributed by atoms with Crippen LogP contribution in [0.15, 0.2) is 8.96 Å². The fraction of sp³-hybridized carbons (Fsp3) is 0.846. The van der Waals surface area contributed by atoms with E-state index in [2.05, 4.69) is 31.9 Å². The number of ether oxygens (including phenoxy) is 5. The van der Waals surface area contributed by atoms with Crippen LogP contribution in [-0.2, 0) is 23.7 Å². The zero-order valence-electron chi connectivity index (χ0n) is 11.8. The Balaban J connectivity index is 1.83. The minimum Gasteiger partial charge on any atom is -0.348 e. The molecular formula is C13H18Br2O5. The van der Waals surface area contributed by atoms with Gasteiger partial charge in [0.15, 0.2) is 17.9 Å². The third-order valence-electron chi connectivity index (χ3n) is 3.54. The molecule has 0 saturated carbocycles. The van der Waals surface area contributed by atoms with E-state index in [4.69, 9.17) is 23.7 Å². The molecule has 0 radical (unpaired) electrons. The van der Waals surface area contributed by atoms with Crippen molar-refractivity contribution < 1.29 is 23.7 Å².